The highest BCUT2D eigenvalue weighted by atomic mass is 16.4. The predicted octanol–water partition coefficient (Wildman–Crippen LogP) is 0.352. The standard InChI is InChI=1S/C9H10O2.2H2O/c1-6-4-3-5-8(7(6)2)9(10)11;;/h3-5H,1-2H3,(H,10,11);2*1H2. The second-order valence-electron chi connectivity index (χ2n) is 2.55. The second-order valence-corrected chi connectivity index (χ2v) is 2.55. The molecule has 74 valence electrons. The average Bonchev–Trinajstić information content (AvgIpc) is 1.94. The number of hydrogen-bond acceptors (Lipinski definition) is 1. The molecular formula is C9H14O4. The van der Waals surface area contributed by atoms with Crippen molar-refractivity contribution in [2.24, 2.45) is 0 Å². The van der Waals surface area contributed by atoms with Crippen LogP contribution in [0.1, 0.15) is 21.5 Å². The summed E-state index contributed by atoms with van der Waals surface area (Å²) in [7, 11) is 0. The van der Waals surface area contributed by atoms with Crippen LogP contribution in [0.4, 0.5) is 0 Å². The van der Waals surface area contributed by atoms with Gasteiger partial charge in [-0.2, -0.15) is 0 Å². The van der Waals surface area contributed by atoms with Crippen molar-refractivity contribution < 1.29 is 20.9 Å². The SMILES string of the molecule is Cc1cccc(C(=O)O)c1C.O.O. The minimum absolute atomic E-state index is 0. The van der Waals surface area contributed by atoms with E-state index in [1.165, 1.54) is 0 Å². The van der Waals surface area contributed by atoms with Crippen LogP contribution in [0.3, 0.4) is 0 Å². The lowest BCUT2D eigenvalue weighted by Gasteiger charge is -2.02. The van der Waals surface area contributed by atoms with Gasteiger partial charge in [0.15, 0.2) is 0 Å². The predicted molar refractivity (Wildman–Crippen MR) is 50.1 cm³/mol. The van der Waals surface area contributed by atoms with Gasteiger partial charge < -0.3 is 16.1 Å². The summed E-state index contributed by atoms with van der Waals surface area (Å²) in [5.74, 6) is -0.855. The summed E-state index contributed by atoms with van der Waals surface area (Å²) in [6.07, 6.45) is 0. The lowest BCUT2D eigenvalue weighted by molar-refractivity contribution is 0.0696. The van der Waals surface area contributed by atoms with E-state index in [1.807, 2.05) is 19.9 Å². The molecule has 0 aliphatic rings. The van der Waals surface area contributed by atoms with Crippen molar-refractivity contribution >= 4 is 5.97 Å². The Kier molecular flexibility index (Phi) is 5.76. The number of carboxylic acid groups (broad SMARTS) is 1. The van der Waals surface area contributed by atoms with Gasteiger partial charge in [0.25, 0.3) is 0 Å². The van der Waals surface area contributed by atoms with Crippen LogP contribution in [0.5, 0.6) is 0 Å². The number of rotatable bonds is 1. The van der Waals surface area contributed by atoms with E-state index in [1.54, 1.807) is 12.1 Å². The Hall–Kier alpha value is -1.39. The van der Waals surface area contributed by atoms with Crippen LogP contribution in [0.15, 0.2) is 18.2 Å². The first kappa shape index (κ1) is 14.2. The minimum atomic E-state index is -0.855. The summed E-state index contributed by atoms with van der Waals surface area (Å²) in [6, 6.07) is 5.28. The monoisotopic (exact) mass is 186 g/mol. The third kappa shape index (κ3) is 2.85. The molecule has 13 heavy (non-hydrogen) atoms. The van der Waals surface area contributed by atoms with Gasteiger partial charge in [0, 0.05) is 0 Å². The van der Waals surface area contributed by atoms with Crippen molar-refractivity contribution in [1.29, 1.82) is 0 Å². The summed E-state index contributed by atoms with van der Waals surface area (Å²) in [5, 5.41) is 8.69. The van der Waals surface area contributed by atoms with E-state index in [0.29, 0.717) is 5.56 Å². The second kappa shape index (κ2) is 5.29. The van der Waals surface area contributed by atoms with Crippen LogP contribution in [-0.4, -0.2) is 22.0 Å². The van der Waals surface area contributed by atoms with E-state index in [9.17, 15) is 4.79 Å². The molecule has 0 spiro atoms. The molecule has 0 unspecified atom stereocenters. The third-order valence-corrected chi connectivity index (χ3v) is 1.84. The van der Waals surface area contributed by atoms with E-state index in [-0.39, 0.29) is 11.0 Å². The lowest BCUT2D eigenvalue weighted by atomic mass is 10.0. The Balaban J connectivity index is 0. The van der Waals surface area contributed by atoms with Gasteiger partial charge in [0.2, 0.25) is 0 Å². The van der Waals surface area contributed by atoms with Crippen LogP contribution in [-0.2, 0) is 0 Å². The van der Waals surface area contributed by atoms with Crippen molar-refractivity contribution in [2.75, 3.05) is 0 Å². The molecule has 0 bridgehead atoms. The topological polar surface area (TPSA) is 100 Å². The normalized spacial score (nSPS) is 8.15. The van der Waals surface area contributed by atoms with Crippen molar-refractivity contribution in [3.63, 3.8) is 0 Å². The van der Waals surface area contributed by atoms with E-state index >= 15 is 0 Å². The molecule has 1 aromatic rings. The number of carboxylic acids is 1. The first-order chi connectivity index (χ1) is 5.13. The van der Waals surface area contributed by atoms with Crippen molar-refractivity contribution in [2.45, 2.75) is 13.8 Å². The van der Waals surface area contributed by atoms with Crippen LogP contribution in [0, 0.1) is 13.8 Å². The number of aryl methyl sites for hydroxylation is 1. The highest BCUT2D eigenvalue weighted by Gasteiger charge is 2.06. The fourth-order valence-electron chi connectivity index (χ4n) is 0.983. The molecule has 0 heterocycles. The first-order valence-electron chi connectivity index (χ1n) is 3.42. The summed E-state index contributed by atoms with van der Waals surface area (Å²) in [4.78, 5) is 10.6. The smallest absolute Gasteiger partial charge is 0.335 e. The molecule has 0 aliphatic heterocycles. The summed E-state index contributed by atoms with van der Waals surface area (Å²) in [6.45, 7) is 3.72. The quantitative estimate of drug-likeness (QED) is 0.684. The fraction of sp³-hybridized carbons (Fsp3) is 0.222. The Morgan fingerprint density at radius 2 is 1.77 bits per heavy atom. The Morgan fingerprint density at radius 1 is 1.23 bits per heavy atom. The van der Waals surface area contributed by atoms with Gasteiger partial charge in [-0.05, 0) is 31.0 Å². The van der Waals surface area contributed by atoms with Crippen LogP contribution >= 0.6 is 0 Å². The van der Waals surface area contributed by atoms with Crippen molar-refractivity contribution in [3.8, 4) is 0 Å². The Bertz CT molecular complexity index is 294. The molecule has 5 N–H and O–H groups in total. The molecule has 0 amide bonds. The van der Waals surface area contributed by atoms with Crippen LogP contribution in [0.25, 0.3) is 0 Å². The number of benzene rings is 1. The zero-order valence-corrected chi connectivity index (χ0v) is 7.59. The molecule has 4 heteroatoms. The minimum Gasteiger partial charge on any atom is -0.478 e. The van der Waals surface area contributed by atoms with Gasteiger partial charge in [-0.15, -0.1) is 0 Å². The molecule has 0 saturated heterocycles. The van der Waals surface area contributed by atoms with Gasteiger partial charge in [0.05, 0.1) is 5.56 Å². The molecule has 0 radical (unpaired) electrons. The Labute approximate surface area is 76.4 Å². The van der Waals surface area contributed by atoms with Crippen LogP contribution in [0.2, 0.25) is 0 Å². The van der Waals surface area contributed by atoms with Crippen molar-refractivity contribution in [1.82, 2.24) is 0 Å². The lowest BCUT2D eigenvalue weighted by Crippen LogP contribution is -2.00. The number of hydrogen-bond donors (Lipinski definition) is 1. The van der Waals surface area contributed by atoms with E-state index in [0.717, 1.165) is 11.1 Å². The largest absolute Gasteiger partial charge is 0.478 e. The molecule has 0 aliphatic carbocycles. The first-order valence-corrected chi connectivity index (χ1v) is 3.42. The van der Waals surface area contributed by atoms with Gasteiger partial charge in [-0.3, -0.25) is 0 Å². The zero-order valence-electron chi connectivity index (χ0n) is 7.59. The maximum absolute atomic E-state index is 10.6. The van der Waals surface area contributed by atoms with Crippen LogP contribution < -0.4 is 0 Å². The third-order valence-electron chi connectivity index (χ3n) is 1.84. The maximum atomic E-state index is 10.6. The summed E-state index contributed by atoms with van der Waals surface area (Å²) >= 11 is 0. The van der Waals surface area contributed by atoms with E-state index in [2.05, 4.69) is 0 Å². The number of carbonyl (C=O) groups is 1. The number of aromatic carboxylic acids is 1. The maximum Gasteiger partial charge on any atom is 0.335 e. The molecule has 4 nitrogen and oxygen atoms in total. The highest BCUT2D eigenvalue weighted by molar-refractivity contribution is 5.89. The molecular weight excluding hydrogens is 172 g/mol. The average molecular weight is 186 g/mol. The molecule has 0 atom stereocenters. The fourth-order valence-corrected chi connectivity index (χ4v) is 0.983. The van der Waals surface area contributed by atoms with E-state index in [4.69, 9.17) is 5.11 Å². The summed E-state index contributed by atoms with van der Waals surface area (Å²) < 4.78 is 0. The van der Waals surface area contributed by atoms with E-state index < -0.39 is 5.97 Å². The van der Waals surface area contributed by atoms with Crippen molar-refractivity contribution in [3.05, 3.63) is 34.9 Å². The highest BCUT2D eigenvalue weighted by Crippen LogP contribution is 2.11. The zero-order chi connectivity index (χ0) is 8.43. The van der Waals surface area contributed by atoms with Gasteiger partial charge in [0.1, 0.15) is 0 Å². The van der Waals surface area contributed by atoms with Gasteiger partial charge in [-0.1, -0.05) is 12.1 Å². The summed E-state index contributed by atoms with van der Waals surface area (Å²) in [5.41, 5.74) is 2.26. The Morgan fingerprint density at radius 3 is 2.15 bits per heavy atom. The van der Waals surface area contributed by atoms with Gasteiger partial charge in [-0.25, -0.2) is 4.79 Å². The molecule has 0 fully saturated rings. The molecule has 0 saturated carbocycles. The molecule has 0 aromatic heterocycles. The molecule has 1 aromatic carbocycles. The molecule has 1 rings (SSSR count). The van der Waals surface area contributed by atoms with Gasteiger partial charge >= 0.3 is 5.97 Å².